The Hall–Kier alpha value is -2.64. The number of fused-ring (bicyclic) bond motifs is 1. The van der Waals surface area contributed by atoms with E-state index >= 15 is 0 Å². The van der Waals surface area contributed by atoms with E-state index in [0.717, 1.165) is 26.5 Å². The van der Waals surface area contributed by atoms with Gasteiger partial charge in [0.15, 0.2) is 0 Å². The molecule has 1 aliphatic rings. The Morgan fingerprint density at radius 3 is 2.69 bits per heavy atom. The molecule has 4 rings (SSSR count). The second-order valence-corrected chi connectivity index (χ2v) is 9.39. The van der Waals surface area contributed by atoms with Gasteiger partial charge < -0.3 is 19.9 Å². The van der Waals surface area contributed by atoms with E-state index in [9.17, 15) is 9.59 Å². The van der Waals surface area contributed by atoms with Crippen LogP contribution in [0.1, 0.15) is 31.1 Å². The Balaban J connectivity index is 1.55. The molecule has 1 saturated heterocycles. The molecule has 1 aliphatic heterocycles. The minimum atomic E-state index is -0.632. The highest BCUT2D eigenvalue weighted by atomic mass is 79.9. The summed E-state index contributed by atoms with van der Waals surface area (Å²) in [5, 5.41) is 4.06. The van der Waals surface area contributed by atoms with Crippen LogP contribution in [0.2, 0.25) is 0 Å². The minimum absolute atomic E-state index is 0.0744. The average Bonchev–Trinajstić information content (AvgIpc) is 3.21. The summed E-state index contributed by atoms with van der Waals surface area (Å²) in [4.78, 5) is 31.2. The number of carbonyl (C=O) groups is 2. The summed E-state index contributed by atoms with van der Waals surface area (Å²) in [5.74, 6) is -0.399. The van der Waals surface area contributed by atoms with Crippen molar-refractivity contribution in [3.63, 3.8) is 0 Å². The second kappa shape index (κ2) is 9.88. The number of hydrogen-bond acceptors (Lipinski definition) is 3. The first-order valence-electron chi connectivity index (χ1n) is 10.9. The zero-order valence-electron chi connectivity index (χ0n) is 18.3. The number of hydrogen-bond donors (Lipinski definition) is 2. The third kappa shape index (κ3) is 5.05. The summed E-state index contributed by atoms with van der Waals surface area (Å²) in [5.41, 5.74) is 3.07. The topological polar surface area (TPSA) is 74.4 Å². The third-order valence-electron chi connectivity index (χ3n) is 5.86. The predicted octanol–water partition coefficient (Wildman–Crippen LogP) is 4.21. The third-order valence-corrected chi connectivity index (χ3v) is 6.39. The van der Waals surface area contributed by atoms with Crippen LogP contribution in [0, 0.1) is 5.92 Å². The zero-order valence-corrected chi connectivity index (χ0v) is 19.9. The molecule has 2 heterocycles. The van der Waals surface area contributed by atoms with Crippen molar-refractivity contribution in [2.75, 3.05) is 19.7 Å². The normalized spacial score (nSPS) is 17.5. The van der Waals surface area contributed by atoms with Crippen LogP contribution in [0.5, 0.6) is 0 Å². The van der Waals surface area contributed by atoms with Gasteiger partial charge in [0.1, 0.15) is 12.1 Å². The zero-order chi connectivity index (χ0) is 22.7. The highest BCUT2D eigenvalue weighted by molar-refractivity contribution is 9.10. The Morgan fingerprint density at radius 2 is 1.94 bits per heavy atom. The number of aromatic nitrogens is 1. The highest BCUT2D eigenvalue weighted by Gasteiger charge is 2.32. The van der Waals surface area contributed by atoms with E-state index in [1.165, 1.54) is 0 Å². The van der Waals surface area contributed by atoms with Crippen molar-refractivity contribution in [1.82, 2.24) is 15.2 Å². The fourth-order valence-electron chi connectivity index (χ4n) is 4.01. The molecule has 0 aliphatic carbocycles. The van der Waals surface area contributed by atoms with Crippen LogP contribution in [-0.4, -0.2) is 47.4 Å². The largest absolute Gasteiger partial charge is 0.370 e. The van der Waals surface area contributed by atoms with Crippen LogP contribution in [0.4, 0.5) is 0 Å². The van der Waals surface area contributed by atoms with Crippen molar-refractivity contribution < 1.29 is 14.3 Å². The van der Waals surface area contributed by atoms with Gasteiger partial charge >= 0.3 is 0 Å². The number of halogens is 1. The molecule has 0 spiro atoms. The lowest BCUT2D eigenvalue weighted by molar-refractivity contribution is -0.143. The van der Waals surface area contributed by atoms with Crippen molar-refractivity contribution in [1.29, 1.82) is 0 Å². The number of carbonyl (C=O) groups excluding carboxylic acids is 2. The molecule has 7 heteroatoms. The molecular formula is C25H28BrN3O3. The average molecular weight is 498 g/mol. The first-order valence-corrected chi connectivity index (χ1v) is 11.7. The van der Waals surface area contributed by atoms with Crippen molar-refractivity contribution >= 4 is 38.6 Å². The molecule has 0 bridgehead atoms. The number of para-hydroxylation sites is 1. The van der Waals surface area contributed by atoms with E-state index < -0.39 is 6.04 Å². The number of aromatic amines is 1. The molecule has 2 amide bonds. The fourth-order valence-corrected chi connectivity index (χ4v) is 4.27. The van der Waals surface area contributed by atoms with Crippen LogP contribution in [0.3, 0.4) is 0 Å². The van der Waals surface area contributed by atoms with Gasteiger partial charge in [-0.1, -0.05) is 60.1 Å². The van der Waals surface area contributed by atoms with E-state index in [4.69, 9.17) is 4.74 Å². The molecule has 2 aromatic carbocycles. The van der Waals surface area contributed by atoms with Crippen molar-refractivity contribution in [2.45, 2.75) is 32.4 Å². The van der Waals surface area contributed by atoms with Gasteiger partial charge in [0.25, 0.3) is 0 Å². The molecule has 0 saturated carbocycles. The molecule has 2 N–H and O–H groups in total. The standard InChI is InChI=1S/C25H28BrN3O3/c1-16(2)24(30)28-22(13-18-14-27-21-6-4-3-5-20(18)21)25(31)29-11-12-32-23(15-29)17-7-9-19(26)10-8-17/h3-10,14,16,22-23,27H,11-13,15H2,1-2H3,(H,28,30). The van der Waals surface area contributed by atoms with Crippen LogP contribution >= 0.6 is 15.9 Å². The van der Waals surface area contributed by atoms with E-state index in [-0.39, 0.29) is 23.8 Å². The molecule has 1 aromatic heterocycles. The SMILES string of the molecule is CC(C)C(=O)NC(Cc1c[nH]c2ccccc12)C(=O)N1CCOC(c2ccc(Br)cc2)C1. The van der Waals surface area contributed by atoms with Crippen LogP contribution in [0.25, 0.3) is 10.9 Å². The van der Waals surface area contributed by atoms with Gasteiger partial charge in [0, 0.05) is 40.5 Å². The number of morpholine rings is 1. The molecule has 1 fully saturated rings. The predicted molar refractivity (Wildman–Crippen MR) is 128 cm³/mol. The lowest BCUT2D eigenvalue weighted by Gasteiger charge is -2.35. The molecule has 2 atom stereocenters. The maximum atomic E-state index is 13.6. The first kappa shape index (κ1) is 22.6. The van der Waals surface area contributed by atoms with Crippen molar-refractivity contribution in [3.8, 4) is 0 Å². The summed E-state index contributed by atoms with van der Waals surface area (Å²) in [6.45, 7) is 5.10. The number of amides is 2. The van der Waals surface area contributed by atoms with Gasteiger partial charge in [-0.3, -0.25) is 9.59 Å². The summed E-state index contributed by atoms with van der Waals surface area (Å²) in [6, 6.07) is 15.3. The van der Waals surface area contributed by atoms with Gasteiger partial charge in [-0.15, -0.1) is 0 Å². The minimum Gasteiger partial charge on any atom is -0.370 e. The highest BCUT2D eigenvalue weighted by Crippen LogP contribution is 2.25. The van der Waals surface area contributed by atoms with Crippen molar-refractivity contribution in [2.24, 2.45) is 5.92 Å². The number of nitrogens with one attached hydrogen (secondary N) is 2. The van der Waals surface area contributed by atoms with Gasteiger partial charge in [0.05, 0.1) is 13.2 Å². The Labute approximate surface area is 196 Å². The van der Waals surface area contributed by atoms with Crippen LogP contribution < -0.4 is 5.32 Å². The van der Waals surface area contributed by atoms with E-state index in [2.05, 4.69) is 26.2 Å². The molecule has 2 unspecified atom stereocenters. The molecule has 6 nitrogen and oxygen atoms in total. The molecule has 168 valence electrons. The summed E-state index contributed by atoms with van der Waals surface area (Å²) in [7, 11) is 0. The summed E-state index contributed by atoms with van der Waals surface area (Å²) in [6.07, 6.45) is 2.17. The van der Waals surface area contributed by atoms with Gasteiger partial charge in [0.2, 0.25) is 11.8 Å². The fraction of sp³-hybridized carbons (Fsp3) is 0.360. The maximum Gasteiger partial charge on any atom is 0.245 e. The Morgan fingerprint density at radius 1 is 1.19 bits per heavy atom. The molecule has 32 heavy (non-hydrogen) atoms. The number of H-pyrrole nitrogens is 1. The van der Waals surface area contributed by atoms with E-state index in [1.807, 2.05) is 73.5 Å². The first-order chi connectivity index (χ1) is 15.4. The molecule has 3 aromatic rings. The monoisotopic (exact) mass is 497 g/mol. The lowest BCUT2D eigenvalue weighted by atomic mass is 10.0. The smallest absolute Gasteiger partial charge is 0.245 e. The number of benzene rings is 2. The maximum absolute atomic E-state index is 13.6. The Bertz CT molecular complexity index is 1090. The number of rotatable bonds is 6. The van der Waals surface area contributed by atoms with Gasteiger partial charge in [-0.2, -0.15) is 0 Å². The molecule has 0 radical (unpaired) electrons. The van der Waals surface area contributed by atoms with E-state index in [0.29, 0.717) is 26.1 Å². The lowest BCUT2D eigenvalue weighted by Crippen LogP contribution is -2.53. The van der Waals surface area contributed by atoms with Crippen molar-refractivity contribution in [3.05, 3.63) is 70.3 Å². The van der Waals surface area contributed by atoms with E-state index in [1.54, 1.807) is 0 Å². The quantitative estimate of drug-likeness (QED) is 0.535. The number of ether oxygens (including phenoxy) is 1. The Kier molecular flexibility index (Phi) is 6.96. The van der Waals surface area contributed by atoms with Gasteiger partial charge in [-0.25, -0.2) is 0 Å². The molecular weight excluding hydrogens is 470 g/mol. The van der Waals surface area contributed by atoms with Gasteiger partial charge in [-0.05, 0) is 29.3 Å². The van der Waals surface area contributed by atoms with Crippen LogP contribution in [-0.2, 0) is 20.7 Å². The summed E-state index contributed by atoms with van der Waals surface area (Å²) < 4.78 is 6.95. The summed E-state index contributed by atoms with van der Waals surface area (Å²) >= 11 is 3.46. The van der Waals surface area contributed by atoms with Crippen LogP contribution in [0.15, 0.2) is 59.2 Å². The second-order valence-electron chi connectivity index (χ2n) is 8.47. The number of nitrogens with zero attached hydrogens (tertiary/aromatic N) is 1.